The van der Waals surface area contributed by atoms with Gasteiger partial charge in [-0.3, -0.25) is 9.59 Å². The molecule has 1 aliphatic heterocycles. The van der Waals surface area contributed by atoms with E-state index in [9.17, 15) is 9.59 Å². The van der Waals surface area contributed by atoms with Crippen LogP contribution in [0.1, 0.15) is 53.9 Å². The average Bonchev–Trinajstić information content (AvgIpc) is 2.96. The molecule has 200 valence electrons. The minimum Gasteiger partial charge on any atom is -0.466 e. The smallest absolute Gasteiger partial charge is 0.310 e. The molecular formula is C30H36N4O3S. The summed E-state index contributed by atoms with van der Waals surface area (Å²) in [7, 11) is 2.05. The fourth-order valence-corrected chi connectivity index (χ4v) is 5.36. The van der Waals surface area contributed by atoms with E-state index < -0.39 is 0 Å². The monoisotopic (exact) mass is 532 g/mol. The summed E-state index contributed by atoms with van der Waals surface area (Å²) in [6.07, 6.45) is 2.42. The molecule has 7 nitrogen and oxygen atoms in total. The number of rotatable bonds is 10. The summed E-state index contributed by atoms with van der Waals surface area (Å²) in [5.74, 6) is 1.13. The first-order chi connectivity index (χ1) is 18.5. The van der Waals surface area contributed by atoms with Crippen molar-refractivity contribution in [3.05, 3.63) is 83.0 Å². The number of nitrogens with zero attached hydrogens (tertiary/aromatic N) is 4. The van der Waals surface area contributed by atoms with Gasteiger partial charge in [0.2, 0.25) is 0 Å². The molecule has 0 saturated carbocycles. The third-order valence-electron chi connectivity index (χ3n) is 6.66. The zero-order valence-corrected chi connectivity index (χ0v) is 23.2. The zero-order valence-electron chi connectivity index (χ0n) is 22.4. The first-order valence-corrected chi connectivity index (χ1v) is 14.3. The molecule has 0 spiro atoms. The number of carbonyl (C=O) groups excluding carboxylic acids is 2. The predicted octanol–water partition coefficient (Wildman–Crippen LogP) is 5.38. The second-order valence-electron chi connectivity index (χ2n) is 9.52. The Morgan fingerprint density at radius 1 is 1.05 bits per heavy atom. The summed E-state index contributed by atoms with van der Waals surface area (Å²) in [6.45, 7) is 6.13. The van der Waals surface area contributed by atoms with Gasteiger partial charge >= 0.3 is 5.97 Å². The third-order valence-corrected chi connectivity index (χ3v) is 7.58. The van der Waals surface area contributed by atoms with Gasteiger partial charge in [0.1, 0.15) is 5.82 Å². The Balaban J connectivity index is 1.37. The number of piperidine rings is 1. The maximum absolute atomic E-state index is 13.1. The lowest BCUT2D eigenvalue weighted by Gasteiger charge is -2.31. The summed E-state index contributed by atoms with van der Waals surface area (Å²) in [6, 6.07) is 20.1. The Labute approximate surface area is 229 Å². The second-order valence-corrected chi connectivity index (χ2v) is 10.5. The number of aromatic nitrogens is 2. The van der Waals surface area contributed by atoms with E-state index in [0.717, 1.165) is 48.0 Å². The zero-order chi connectivity index (χ0) is 26.9. The van der Waals surface area contributed by atoms with Crippen molar-refractivity contribution in [3.63, 3.8) is 0 Å². The second kappa shape index (κ2) is 13.4. The molecule has 2 aromatic carbocycles. The topological polar surface area (TPSA) is 75.6 Å². The number of hydrogen-bond acceptors (Lipinski definition) is 7. The van der Waals surface area contributed by atoms with Gasteiger partial charge in [0.25, 0.3) is 5.91 Å². The lowest BCUT2D eigenvalue weighted by molar-refractivity contribution is -0.149. The quantitative estimate of drug-likeness (QED) is 0.197. The number of amides is 1. The van der Waals surface area contributed by atoms with Crippen molar-refractivity contribution in [1.82, 2.24) is 14.9 Å². The van der Waals surface area contributed by atoms with Gasteiger partial charge in [-0.05, 0) is 49.4 Å². The van der Waals surface area contributed by atoms with Crippen molar-refractivity contribution in [2.75, 3.05) is 31.6 Å². The van der Waals surface area contributed by atoms with Gasteiger partial charge in [-0.25, -0.2) is 9.97 Å². The van der Waals surface area contributed by atoms with Crippen LogP contribution in [0.4, 0.5) is 5.82 Å². The van der Waals surface area contributed by atoms with E-state index in [-0.39, 0.29) is 17.8 Å². The predicted molar refractivity (Wildman–Crippen MR) is 151 cm³/mol. The number of ether oxygens (including phenoxy) is 1. The number of thioether (sulfide) groups is 1. The molecule has 1 unspecified atom stereocenters. The molecule has 1 aromatic heterocycles. The van der Waals surface area contributed by atoms with E-state index >= 15 is 0 Å². The largest absolute Gasteiger partial charge is 0.466 e. The minimum atomic E-state index is -0.237. The van der Waals surface area contributed by atoms with E-state index in [1.165, 1.54) is 5.56 Å². The van der Waals surface area contributed by atoms with E-state index in [0.29, 0.717) is 31.0 Å². The molecule has 0 bridgehead atoms. The van der Waals surface area contributed by atoms with Crippen molar-refractivity contribution < 1.29 is 14.3 Å². The maximum atomic E-state index is 13.1. The molecular weight excluding hydrogens is 496 g/mol. The highest BCUT2D eigenvalue weighted by Crippen LogP contribution is 2.25. The number of aryl methyl sites for hydroxylation is 1. The molecule has 1 saturated heterocycles. The molecule has 1 aliphatic rings. The van der Waals surface area contributed by atoms with Crippen molar-refractivity contribution in [2.45, 2.75) is 50.6 Å². The van der Waals surface area contributed by atoms with Gasteiger partial charge < -0.3 is 14.5 Å². The highest BCUT2D eigenvalue weighted by atomic mass is 32.2. The van der Waals surface area contributed by atoms with Crippen LogP contribution in [-0.2, 0) is 28.2 Å². The Bertz CT molecular complexity index is 1220. The molecule has 4 rings (SSSR count). The van der Waals surface area contributed by atoms with Crippen molar-refractivity contribution >= 4 is 29.5 Å². The molecule has 0 radical (unpaired) electrons. The van der Waals surface area contributed by atoms with Crippen molar-refractivity contribution in [1.29, 1.82) is 0 Å². The van der Waals surface area contributed by atoms with Gasteiger partial charge in [0.15, 0.2) is 5.16 Å². The molecule has 1 fully saturated rings. The third kappa shape index (κ3) is 7.34. The Morgan fingerprint density at radius 2 is 1.82 bits per heavy atom. The molecule has 0 N–H and O–H groups in total. The number of hydrogen-bond donors (Lipinski definition) is 0. The number of anilines is 1. The van der Waals surface area contributed by atoms with E-state index in [2.05, 4.69) is 37.1 Å². The summed E-state index contributed by atoms with van der Waals surface area (Å²) in [5.41, 5.74) is 3.98. The molecule has 1 atom stereocenters. The summed E-state index contributed by atoms with van der Waals surface area (Å²) >= 11 is 1.60. The molecule has 0 aliphatic carbocycles. The fraction of sp³-hybridized carbons (Fsp3) is 0.400. The van der Waals surface area contributed by atoms with E-state index in [1.54, 1.807) is 23.6 Å². The van der Waals surface area contributed by atoms with Crippen LogP contribution in [-0.4, -0.2) is 53.5 Å². The highest BCUT2D eigenvalue weighted by Gasteiger charge is 2.29. The van der Waals surface area contributed by atoms with Crippen LogP contribution in [0.5, 0.6) is 0 Å². The lowest BCUT2D eigenvalue weighted by atomic mass is 9.97. The molecule has 1 amide bonds. The molecule has 38 heavy (non-hydrogen) atoms. The Hall–Kier alpha value is -3.39. The Kier molecular flexibility index (Phi) is 9.76. The van der Waals surface area contributed by atoms with Crippen LogP contribution in [0, 0.1) is 5.92 Å². The van der Waals surface area contributed by atoms with Crippen molar-refractivity contribution in [3.8, 4) is 0 Å². The highest BCUT2D eigenvalue weighted by molar-refractivity contribution is 7.98. The van der Waals surface area contributed by atoms with Crippen LogP contribution in [0.15, 0.2) is 65.8 Å². The fourth-order valence-electron chi connectivity index (χ4n) is 4.53. The van der Waals surface area contributed by atoms with Crippen LogP contribution < -0.4 is 4.90 Å². The van der Waals surface area contributed by atoms with Gasteiger partial charge in [0.05, 0.1) is 12.5 Å². The van der Waals surface area contributed by atoms with Crippen LogP contribution in [0.25, 0.3) is 0 Å². The summed E-state index contributed by atoms with van der Waals surface area (Å²) in [5, 5.41) is 0.748. The van der Waals surface area contributed by atoms with Gasteiger partial charge in [-0.1, -0.05) is 61.2 Å². The van der Waals surface area contributed by atoms with Crippen LogP contribution in [0.2, 0.25) is 0 Å². The Morgan fingerprint density at radius 3 is 2.53 bits per heavy atom. The minimum absolute atomic E-state index is 0.0386. The van der Waals surface area contributed by atoms with E-state index in [4.69, 9.17) is 14.7 Å². The van der Waals surface area contributed by atoms with Gasteiger partial charge in [-0.2, -0.15) is 0 Å². The first kappa shape index (κ1) is 27.6. The SMILES string of the molecule is CCOC(=O)C1CCCN(C(=O)c2ccc(CSc3nc(CC)cc(N(C)Cc4ccccc4)n3)cc2)C1. The summed E-state index contributed by atoms with van der Waals surface area (Å²) in [4.78, 5) is 38.7. The van der Waals surface area contributed by atoms with Gasteiger partial charge in [-0.15, -0.1) is 0 Å². The van der Waals surface area contributed by atoms with Gasteiger partial charge in [0, 0.05) is 49.8 Å². The first-order valence-electron chi connectivity index (χ1n) is 13.3. The number of likely N-dealkylation sites (tertiary alicyclic amines) is 1. The number of esters is 1. The maximum Gasteiger partial charge on any atom is 0.310 e. The number of benzene rings is 2. The van der Waals surface area contributed by atoms with Crippen LogP contribution in [0.3, 0.4) is 0 Å². The summed E-state index contributed by atoms with van der Waals surface area (Å²) < 4.78 is 5.16. The lowest BCUT2D eigenvalue weighted by Crippen LogP contribution is -2.42. The normalized spacial score (nSPS) is 15.2. The molecule has 3 aromatic rings. The number of carbonyl (C=O) groups is 2. The average molecular weight is 533 g/mol. The molecule has 8 heteroatoms. The van der Waals surface area contributed by atoms with Crippen LogP contribution >= 0.6 is 11.8 Å². The molecule has 2 heterocycles. The van der Waals surface area contributed by atoms with E-state index in [1.807, 2.05) is 42.5 Å². The van der Waals surface area contributed by atoms with Crippen molar-refractivity contribution in [2.24, 2.45) is 5.92 Å². The standard InChI is InChI=1S/C30H36N4O3S/c1-4-26-18-27(33(3)19-22-10-7-6-8-11-22)32-30(31-26)38-21-23-13-15-24(16-14-23)28(35)34-17-9-12-25(20-34)29(36)37-5-2/h6-8,10-11,13-16,18,25H,4-5,9,12,17,19-21H2,1-3H3.